The first kappa shape index (κ1) is 25.7. The van der Waals surface area contributed by atoms with E-state index in [1.54, 1.807) is 18.2 Å². The summed E-state index contributed by atoms with van der Waals surface area (Å²) in [6.07, 6.45) is 0.419. The molecule has 190 valence electrons. The number of fused-ring (bicyclic) bond motifs is 1. The molecule has 4 aromatic rings. The van der Waals surface area contributed by atoms with E-state index in [1.807, 2.05) is 0 Å². The number of hydrogen-bond acceptors (Lipinski definition) is 6. The molecule has 0 fully saturated rings. The average molecular weight is 509 g/mol. The lowest BCUT2D eigenvalue weighted by molar-refractivity contribution is -0.126. The summed E-state index contributed by atoms with van der Waals surface area (Å²) >= 11 is 0. The van der Waals surface area contributed by atoms with Crippen molar-refractivity contribution in [3.05, 3.63) is 89.4 Å². The Balaban J connectivity index is 1.44. The zero-order chi connectivity index (χ0) is 26.5. The average Bonchev–Trinajstić information content (AvgIpc) is 2.87. The van der Waals surface area contributed by atoms with E-state index in [9.17, 15) is 22.8 Å². The van der Waals surface area contributed by atoms with Crippen molar-refractivity contribution >= 4 is 22.5 Å². The van der Waals surface area contributed by atoms with E-state index in [4.69, 9.17) is 14.2 Å². The monoisotopic (exact) mass is 509 g/mol. The molecule has 0 amide bonds. The molecule has 6 nitrogen and oxygen atoms in total. The molecule has 4 rings (SSSR count). The van der Waals surface area contributed by atoms with Crippen LogP contribution in [0.15, 0.2) is 60.8 Å². The minimum absolute atomic E-state index is 0.0730. The molecule has 37 heavy (non-hydrogen) atoms. The second-order valence-electron chi connectivity index (χ2n) is 8.22. The molecular weight excluding hydrogens is 487 g/mol. The molecule has 0 saturated carbocycles. The summed E-state index contributed by atoms with van der Waals surface area (Å²) < 4.78 is 58.3. The highest BCUT2D eigenvalue weighted by molar-refractivity contribution is 6.00. The smallest absolute Gasteiger partial charge is 0.166 e. The highest BCUT2D eigenvalue weighted by Crippen LogP contribution is 2.37. The normalized spacial score (nSPS) is 10.8. The van der Waals surface area contributed by atoms with E-state index in [1.165, 1.54) is 44.7 Å². The van der Waals surface area contributed by atoms with Crippen LogP contribution in [0.1, 0.15) is 17.5 Å². The lowest BCUT2D eigenvalue weighted by Crippen LogP contribution is -2.13. The number of pyridine rings is 1. The lowest BCUT2D eigenvalue weighted by atomic mass is 10.0. The number of halogens is 3. The number of nitrogens with zero attached hydrogens (tertiary/aromatic N) is 1. The van der Waals surface area contributed by atoms with Gasteiger partial charge in [-0.05, 0) is 41.5 Å². The molecule has 0 spiro atoms. The summed E-state index contributed by atoms with van der Waals surface area (Å²) in [5.41, 5.74) is 0.774. The Morgan fingerprint density at radius 1 is 0.784 bits per heavy atom. The summed E-state index contributed by atoms with van der Waals surface area (Å²) in [5, 5.41) is 0.576. The molecule has 0 bridgehead atoms. The van der Waals surface area contributed by atoms with Gasteiger partial charge in [-0.2, -0.15) is 0 Å². The molecule has 0 atom stereocenters. The van der Waals surface area contributed by atoms with Gasteiger partial charge in [0.25, 0.3) is 0 Å². The molecule has 0 aliphatic heterocycles. The fourth-order valence-corrected chi connectivity index (χ4v) is 3.86. The second-order valence-corrected chi connectivity index (χ2v) is 8.22. The molecule has 0 aliphatic rings. The number of ether oxygens (including phenoxy) is 3. The minimum Gasteiger partial charge on any atom is -0.493 e. The molecule has 3 aromatic carbocycles. The standard InChI is InChI=1S/C28H22F3NO5/c1-35-26-14-20-23(15-27(26)36-2)32-9-8-24(20)37-25-7-6-16(11-22(25)30)10-18(33)13-19(34)12-17-4-3-5-21(29)28(17)31/h3-9,11,14-15H,10,12-13H2,1-2H3. The van der Waals surface area contributed by atoms with Gasteiger partial charge in [0, 0.05) is 30.5 Å². The number of carbonyl (C=O) groups excluding carboxylic acids is 2. The van der Waals surface area contributed by atoms with Gasteiger partial charge in [-0.25, -0.2) is 13.2 Å². The van der Waals surface area contributed by atoms with Crippen LogP contribution < -0.4 is 14.2 Å². The number of rotatable bonds is 10. The first-order chi connectivity index (χ1) is 17.8. The first-order valence-corrected chi connectivity index (χ1v) is 11.2. The van der Waals surface area contributed by atoms with E-state index in [2.05, 4.69) is 4.98 Å². The highest BCUT2D eigenvalue weighted by atomic mass is 19.2. The third-order valence-electron chi connectivity index (χ3n) is 5.64. The Hall–Kier alpha value is -4.40. The second kappa shape index (κ2) is 11.1. The van der Waals surface area contributed by atoms with Crippen LogP contribution in [0.5, 0.6) is 23.0 Å². The Bertz CT molecular complexity index is 1490. The predicted molar refractivity (Wildman–Crippen MR) is 130 cm³/mol. The quantitative estimate of drug-likeness (QED) is 0.253. The Kier molecular flexibility index (Phi) is 7.71. The molecule has 1 aromatic heterocycles. The van der Waals surface area contributed by atoms with Crippen LogP contribution >= 0.6 is 0 Å². The van der Waals surface area contributed by atoms with E-state index in [-0.39, 0.29) is 17.7 Å². The van der Waals surface area contributed by atoms with Crippen LogP contribution in [0.3, 0.4) is 0 Å². The third-order valence-corrected chi connectivity index (χ3v) is 5.64. The van der Waals surface area contributed by atoms with E-state index >= 15 is 0 Å². The van der Waals surface area contributed by atoms with Crippen LogP contribution in [0.2, 0.25) is 0 Å². The summed E-state index contributed by atoms with van der Waals surface area (Å²) in [5.74, 6) is -2.71. The number of ketones is 2. The van der Waals surface area contributed by atoms with Gasteiger partial charge in [-0.1, -0.05) is 18.2 Å². The minimum atomic E-state index is -1.11. The van der Waals surface area contributed by atoms with Crippen LogP contribution in [0, 0.1) is 17.5 Å². The fourth-order valence-electron chi connectivity index (χ4n) is 3.86. The van der Waals surface area contributed by atoms with Gasteiger partial charge < -0.3 is 14.2 Å². The summed E-state index contributed by atoms with van der Waals surface area (Å²) in [4.78, 5) is 28.8. The molecule has 0 saturated heterocycles. The Morgan fingerprint density at radius 2 is 1.51 bits per heavy atom. The van der Waals surface area contributed by atoms with E-state index in [0.29, 0.717) is 33.7 Å². The van der Waals surface area contributed by atoms with Gasteiger partial charge in [0.15, 0.2) is 34.7 Å². The van der Waals surface area contributed by atoms with Crippen molar-refractivity contribution in [2.75, 3.05) is 14.2 Å². The van der Waals surface area contributed by atoms with Crippen LogP contribution in [-0.4, -0.2) is 30.8 Å². The van der Waals surface area contributed by atoms with Gasteiger partial charge in [-0.3, -0.25) is 14.6 Å². The maximum absolute atomic E-state index is 14.8. The molecule has 9 heteroatoms. The summed E-state index contributed by atoms with van der Waals surface area (Å²) in [6, 6.07) is 12.5. The highest BCUT2D eigenvalue weighted by Gasteiger charge is 2.17. The van der Waals surface area contributed by atoms with Crippen molar-refractivity contribution in [2.45, 2.75) is 19.3 Å². The molecule has 1 heterocycles. The van der Waals surface area contributed by atoms with Gasteiger partial charge >= 0.3 is 0 Å². The topological polar surface area (TPSA) is 74.7 Å². The number of Topliss-reactive ketones (excluding diaryl/α,β-unsaturated/α-hetero) is 2. The van der Waals surface area contributed by atoms with Gasteiger partial charge in [0.1, 0.15) is 17.3 Å². The van der Waals surface area contributed by atoms with E-state index in [0.717, 1.165) is 12.1 Å². The van der Waals surface area contributed by atoms with Crippen LogP contribution in [0.25, 0.3) is 10.9 Å². The van der Waals surface area contributed by atoms with Crippen molar-refractivity contribution in [1.82, 2.24) is 4.98 Å². The van der Waals surface area contributed by atoms with Crippen molar-refractivity contribution in [3.63, 3.8) is 0 Å². The zero-order valence-electron chi connectivity index (χ0n) is 20.0. The molecular formula is C28H22F3NO5. The SMILES string of the molecule is COc1cc2nccc(Oc3ccc(CC(=O)CC(=O)Cc4cccc(F)c4F)cc3F)c2cc1OC. The molecule has 0 aliphatic carbocycles. The maximum atomic E-state index is 14.8. The van der Waals surface area contributed by atoms with Gasteiger partial charge in [-0.15, -0.1) is 0 Å². The number of hydrogen-bond donors (Lipinski definition) is 0. The van der Waals surface area contributed by atoms with Crippen molar-refractivity contribution in [2.24, 2.45) is 0 Å². The van der Waals surface area contributed by atoms with Gasteiger partial charge in [0.2, 0.25) is 0 Å². The van der Waals surface area contributed by atoms with Crippen molar-refractivity contribution in [1.29, 1.82) is 0 Å². The predicted octanol–water partition coefficient (Wildman–Crippen LogP) is 5.78. The van der Waals surface area contributed by atoms with Crippen LogP contribution in [-0.2, 0) is 22.4 Å². The third kappa shape index (κ3) is 5.88. The summed E-state index contributed by atoms with van der Waals surface area (Å²) in [6.45, 7) is 0. The van der Waals surface area contributed by atoms with Crippen LogP contribution in [0.4, 0.5) is 13.2 Å². The lowest BCUT2D eigenvalue weighted by Gasteiger charge is -2.13. The Labute approximate surface area is 210 Å². The van der Waals surface area contributed by atoms with E-state index < -0.39 is 41.9 Å². The molecule has 0 N–H and O–H groups in total. The number of methoxy groups -OCH3 is 2. The zero-order valence-corrected chi connectivity index (χ0v) is 20.0. The molecule has 0 radical (unpaired) electrons. The maximum Gasteiger partial charge on any atom is 0.166 e. The summed E-state index contributed by atoms with van der Waals surface area (Å²) in [7, 11) is 3.00. The molecule has 0 unspecified atom stereocenters. The first-order valence-electron chi connectivity index (χ1n) is 11.2. The van der Waals surface area contributed by atoms with Gasteiger partial charge in [0.05, 0.1) is 26.2 Å². The number of aromatic nitrogens is 1. The fraction of sp³-hybridized carbons (Fsp3) is 0.179. The number of benzene rings is 3. The van der Waals surface area contributed by atoms with Crippen molar-refractivity contribution < 1.29 is 37.0 Å². The Morgan fingerprint density at radius 3 is 2.24 bits per heavy atom. The van der Waals surface area contributed by atoms with Crippen molar-refractivity contribution in [3.8, 4) is 23.0 Å². The largest absolute Gasteiger partial charge is 0.493 e. The number of carbonyl (C=O) groups is 2.